The van der Waals surface area contributed by atoms with Crippen molar-refractivity contribution < 1.29 is 23.9 Å². The summed E-state index contributed by atoms with van der Waals surface area (Å²) in [5.74, 6) is -0.243. The number of esters is 1. The highest BCUT2D eigenvalue weighted by atomic mass is 16.5. The highest BCUT2D eigenvalue weighted by Gasteiger charge is 2.22. The summed E-state index contributed by atoms with van der Waals surface area (Å²) in [4.78, 5) is 36.0. The molecule has 0 aliphatic rings. The first-order chi connectivity index (χ1) is 13.6. The SMILES string of the molecule is CC(OC(=O)CNC(=O)c1ccc(Oc2ccccc2)cc1)C(=O)NC(C)(C)C. The van der Waals surface area contributed by atoms with Gasteiger partial charge in [0, 0.05) is 11.1 Å². The zero-order valence-electron chi connectivity index (χ0n) is 17.0. The highest BCUT2D eigenvalue weighted by molar-refractivity contribution is 5.96. The van der Waals surface area contributed by atoms with E-state index in [1.54, 1.807) is 24.3 Å². The van der Waals surface area contributed by atoms with Gasteiger partial charge < -0.3 is 20.1 Å². The molecule has 1 atom stereocenters. The monoisotopic (exact) mass is 398 g/mol. The lowest BCUT2D eigenvalue weighted by molar-refractivity contribution is -0.154. The van der Waals surface area contributed by atoms with Crippen LogP contribution in [0.3, 0.4) is 0 Å². The topological polar surface area (TPSA) is 93.7 Å². The molecule has 0 heterocycles. The maximum absolute atomic E-state index is 12.2. The smallest absolute Gasteiger partial charge is 0.326 e. The molecule has 0 bridgehead atoms. The maximum atomic E-state index is 12.2. The Balaban J connectivity index is 1.81. The van der Waals surface area contributed by atoms with Gasteiger partial charge in [-0.2, -0.15) is 0 Å². The molecule has 29 heavy (non-hydrogen) atoms. The number of carbonyl (C=O) groups excluding carboxylic acids is 3. The Labute approximate surface area is 170 Å². The summed E-state index contributed by atoms with van der Waals surface area (Å²) in [5, 5.41) is 5.20. The molecule has 2 rings (SSSR count). The van der Waals surface area contributed by atoms with Crippen LogP contribution in [-0.4, -0.2) is 36.0 Å². The van der Waals surface area contributed by atoms with Crippen LogP contribution >= 0.6 is 0 Å². The molecule has 0 aliphatic heterocycles. The summed E-state index contributed by atoms with van der Waals surface area (Å²) in [6.45, 7) is 6.63. The van der Waals surface area contributed by atoms with E-state index >= 15 is 0 Å². The van der Waals surface area contributed by atoms with Crippen molar-refractivity contribution in [2.24, 2.45) is 0 Å². The first-order valence-corrected chi connectivity index (χ1v) is 9.27. The Kier molecular flexibility index (Phi) is 7.36. The summed E-state index contributed by atoms with van der Waals surface area (Å²) in [6, 6.07) is 15.8. The van der Waals surface area contributed by atoms with Crippen LogP contribution in [0.5, 0.6) is 11.5 Å². The number of rotatable bonds is 7. The summed E-state index contributed by atoms with van der Waals surface area (Å²) < 4.78 is 10.7. The van der Waals surface area contributed by atoms with E-state index in [2.05, 4.69) is 10.6 Å². The van der Waals surface area contributed by atoms with Crippen LogP contribution in [0.15, 0.2) is 54.6 Å². The number of benzene rings is 2. The van der Waals surface area contributed by atoms with Crippen LogP contribution in [0.4, 0.5) is 0 Å². The molecular weight excluding hydrogens is 372 g/mol. The van der Waals surface area contributed by atoms with Gasteiger partial charge >= 0.3 is 5.97 Å². The molecule has 0 aromatic heterocycles. The molecule has 1 unspecified atom stereocenters. The van der Waals surface area contributed by atoms with Crippen molar-refractivity contribution in [2.75, 3.05) is 6.54 Å². The van der Waals surface area contributed by atoms with Gasteiger partial charge in [0.05, 0.1) is 0 Å². The summed E-state index contributed by atoms with van der Waals surface area (Å²) in [5.41, 5.74) is -0.0562. The van der Waals surface area contributed by atoms with E-state index in [0.717, 1.165) is 0 Å². The first-order valence-electron chi connectivity index (χ1n) is 9.27. The third-order valence-corrected chi connectivity index (χ3v) is 3.66. The van der Waals surface area contributed by atoms with Crippen molar-refractivity contribution in [3.63, 3.8) is 0 Å². The van der Waals surface area contributed by atoms with Gasteiger partial charge in [0.25, 0.3) is 11.8 Å². The molecule has 0 saturated carbocycles. The number of hydrogen-bond acceptors (Lipinski definition) is 5. The molecule has 154 valence electrons. The number of ether oxygens (including phenoxy) is 2. The van der Waals surface area contributed by atoms with Crippen LogP contribution in [0, 0.1) is 0 Å². The minimum absolute atomic E-state index is 0.339. The molecule has 7 heteroatoms. The second-order valence-corrected chi connectivity index (χ2v) is 7.49. The van der Waals surface area contributed by atoms with Crippen molar-refractivity contribution in [2.45, 2.75) is 39.3 Å². The average molecular weight is 398 g/mol. The van der Waals surface area contributed by atoms with Gasteiger partial charge in [0.2, 0.25) is 0 Å². The van der Waals surface area contributed by atoms with Gasteiger partial charge in [0.1, 0.15) is 18.0 Å². The van der Waals surface area contributed by atoms with E-state index in [1.807, 2.05) is 51.1 Å². The zero-order chi connectivity index (χ0) is 21.4. The van der Waals surface area contributed by atoms with Crippen molar-refractivity contribution >= 4 is 17.8 Å². The molecule has 2 aromatic carbocycles. The lowest BCUT2D eigenvalue weighted by Crippen LogP contribution is -2.46. The minimum Gasteiger partial charge on any atom is -0.457 e. The summed E-state index contributed by atoms with van der Waals surface area (Å²) >= 11 is 0. The van der Waals surface area contributed by atoms with Gasteiger partial charge in [-0.1, -0.05) is 18.2 Å². The van der Waals surface area contributed by atoms with E-state index in [0.29, 0.717) is 17.1 Å². The lowest BCUT2D eigenvalue weighted by Gasteiger charge is -2.23. The highest BCUT2D eigenvalue weighted by Crippen LogP contribution is 2.21. The third kappa shape index (κ3) is 7.65. The molecule has 0 aliphatic carbocycles. The summed E-state index contributed by atoms with van der Waals surface area (Å²) in [6.07, 6.45) is -0.951. The Morgan fingerprint density at radius 2 is 1.52 bits per heavy atom. The average Bonchev–Trinajstić information content (AvgIpc) is 2.66. The fraction of sp³-hybridized carbons (Fsp3) is 0.318. The van der Waals surface area contributed by atoms with Crippen molar-refractivity contribution in [1.82, 2.24) is 10.6 Å². The van der Waals surface area contributed by atoms with Crippen molar-refractivity contribution in [3.05, 3.63) is 60.2 Å². The van der Waals surface area contributed by atoms with Gasteiger partial charge in [-0.25, -0.2) is 0 Å². The van der Waals surface area contributed by atoms with E-state index in [1.165, 1.54) is 6.92 Å². The van der Waals surface area contributed by atoms with E-state index in [4.69, 9.17) is 9.47 Å². The Hall–Kier alpha value is -3.35. The third-order valence-electron chi connectivity index (χ3n) is 3.66. The van der Waals surface area contributed by atoms with Crippen molar-refractivity contribution in [3.8, 4) is 11.5 Å². The standard InChI is InChI=1S/C22H26N2O5/c1-15(20(26)24-22(2,3)4)28-19(25)14-23-21(27)16-10-12-18(13-11-16)29-17-8-6-5-7-9-17/h5-13,15H,14H2,1-4H3,(H,23,27)(H,24,26). The molecular formula is C22H26N2O5. The zero-order valence-corrected chi connectivity index (χ0v) is 17.0. The van der Waals surface area contributed by atoms with Crippen LogP contribution in [0.1, 0.15) is 38.1 Å². The molecule has 2 N–H and O–H groups in total. The number of carbonyl (C=O) groups is 3. The number of hydrogen-bond donors (Lipinski definition) is 2. The second-order valence-electron chi connectivity index (χ2n) is 7.49. The quantitative estimate of drug-likeness (QED) is 0.699. The molecule has 2 amide bonds. The summed E-state index contributed by atoms with van der Waals surface area (Å²) in [7, 11) is 0. The van der Waals surface area contributed by atoms with Crippen LogP contribution < -0.4 is 15.4 Å². The van der Waals surface area contributed by atoms with Crippen molar-refractivity contribution in [1.29, 1.82) is 0 Å². The molecule has 2 aromatic rings. The molecule has 0 radical (unpaired) electrons. The van der Waals surface area contributed by atoms with E-state index in [9.17, 15) is 14.4 Å². The largest absolute Gasteiger partial charge is 0.457 e. The van der Waals surface area contributed by atoms with Gasteiger partial charge in [0.15, 0.2) is 6.10 Å². The second kappa shape index (κ2) is 9.73. The fourth-order valence-corrected chi connectivity index (χ4v) is 2.32. The predicted molar refractivity (Wildman–Crippen MR) is 109 cm³/mol. The maximum Gasteiger partial charge on any atom is 0.326 e. The molecule has 0 spiro atoms. The predicted octanol–water partition coefficient (Wildman–Crippen LogP) is 3.06. The van der Waals surface area contributed by atoms with Gasteiger partial charge in [-0.15, -0.1) is 0 Å². The molecule has 7 nitrogen and oxygen atoms in total. The van der Waals surface area contributed by atoms with Crippen LogP contribution in [0.2, 0.25) is 0 Å². The van der Waals surface area contributed by atoms with E-state index < -0.39 is 29.4 Å². The van der Waals surface area contributed by atoms with Crippen LogP contribution in [0.25, 0.3) is 0 Å². The molecule has 0 fully saturated rings. The lowest BCUT2D eigenvalue weighted by atomic mass is 10.1. The molecule has 0 saturated heterocycles. The Bertz CT molecular complexity index is 842. The Morgan fingerprint density at radius 3 is 2.10 bits per heavy atom. The number of para-hydroxylation sites is 1. The number of amides is 2. The number of nitrogens with one attached hydrogen (secondary N) is 2. The van der Waals surface area contributed by atoms with Gasteiger partial charge in [-0.05, 0) is 64.1 Å². The Morgan fingerprint density at radius 1 is 0.931 bits per heavy atom. The normalized spacial score (nSPS) is 11.9. The van der Waals surface area contributed by atoms with Gasteiger partial charge in [-0.3, -0.25) is 14.4 Å². The van der Waals surface area contributed by atoms with Crippen LogP contribution in [-0.2, 0) is 14.3 Å². The fourth-order valence-electron chi connectivity index (χ4n) is 2.32. The minimum atomic E-state index is -0.951. The van der Waals surface area contributed by atoms with E-state index in [-0.39, 0.29) is 6.54 Å². The first kappa shape index (κ1) is 21.9.